The second-order valence-electron chi connectivity index (χ2n) is 22.9. The number of carbonyl (C=O) groups is 4. The van der Waals surface area contributed by atoms with E-state index in [1.165, 1.54) is 6.92 Å². The van der Waals surface area contributed by atoms with Crippen LogP contribution in [0.3, 0.4) is 0 Å². The van der Waals surface area contributed by atoms with E-state index in [0.29, 0.717) is 0 Å². The summed E-state index contributed by atoms with van der Waals surface area (Å²) in [6.45, 7) is -1.24. The van der Waals surface area contributed by atoms with E-state index in [4.69, 9.17) is 61.6 Å². The molecule has 520 valence electrons. The number of rotatable bonds is 23. The Morgan fingerprint density at radius 1 is 0.300 bits per heavy atom. The molecule has 0 spiro atoms. The fraction of sp³-hybridized carbons (Fsp3) is 0.922. The Kier molecular flexibility index (Phi) is 26.6. The second-order valence-corrected chi connectivity index (χ2v) is 22.9. The van der Waals surface area contributed by atoms with Crippen LogP contribution in [-0.4, -0.2) is 376 Å². The third-order valence-corrected chi connectivity index (χ3v) is 16.4. The van der Waals surface area contributed by atoms with Crippen LogP contribution < -0.4 is 21.3 Å². The number of nitrogens with one attached hydrogen (secondary N) is 4. The maximum absolute atomic E-state index is 12.8. The topological polar surface area (TPSA) is 601 Å². The summed E-state index contributed by atoms with van der Waals surface area (Å²) >= 11 is 0. The fourth-order valence-electron chi connectivity index (χ4n) is 11.7. The Hall–Kier alpha value is -3.36. The molecule has 0 aromatic rings. The molecule has 4 amide bonds. The molecule has 90 heavy (non-hydrogen) atoms. The maximum atomic E-state index is 12.8. The lowest BCUT2D eigenvalue weighted by Crippen LogP contribution is -2.70. The molecular formula is C51H86N4O35. The van der Waals surface area contributed by atoms with Gasteiger partial charge in [0.1, 0.15) is 165 Å². The van der Waals surface area contributed by atoms with Crippen molar-refractivity contribution in [2.45, 2.75) is 249 Å². The molecule has 0 radical (unpaired) electrons. The Morgan fingerprint density at radius 3 is 1.02 bits per heavy atom. The van der Waals surface area contributed by atoms with Gasteiger partial charge in [0.05, 0.1) is 58.4 Å². The van der Waals surface area contributed by atoms with Crippen LogP contribution in [0.2, 0.25) is 0 Å². The Morgan fingerprint density at radius 2 is 0.600 bits per heavy atom. The van der Waals surface area contributed by atoms with Crippen LogP contribution in [0.5, 0.6) is 0 Å². The molecular weight excluding hydrogens is 1230 g/mol. The van der Waals surface area contributed by atoms with Crippen LogP contribution in [0.25, 0.3) is 0 Å². The van der Waals surface area contributed by atoms with Crippen LogP contribution >= 0.6 is 0 Å². The molecule has 7 aliphatic heterocycles. The lowest BCUT2D eigenvalue weighted by atomic mass is 9.92. The fourth-order valence-corrected chi connectivity index (χ4v) is 11.7. The summed E-state index contributed by atoms with van der Waals surface area (Å²) in [6.07, 6.45) is -59.7. The van der Waals surface area contributed by atoms with Crippen molar-refractivity contribution in [2.75, 3.05) is 46.2 Å². The Balaban J connectivity index is 1.25. The average Bonchev–Trinajstić information content (AvgIpc) is 2.89. The summed E-state index contributed by atoms with van der Waals surface area (Å²) < 4.78 is 77.4. The summed E-state index contributed by atoms with van der Waals surface area (Å²) in [7, 11) is 0. The van der Waals surface area contributed by atoms with Crippen molar-refractivity contribution in [3.63, 3.8) is 0 Å². The SMILES string of the molecule is CC(=O)NC1C(O)[C@H](O)[C@H](CO)O[C@H]1O[C@@H]1C(O)[C@H](O)C(CO)O[C@@H]1OCC1O[C@@H](O[C@@H]2C(CO)O[C@@H](O[C@@H]3C(CO)O[C@@H](C)[C@@H](NC(C)=O)C3O)[C@@H](NC(C)=O)C2O)[C@H](O)C(O[C@H]2OC(CO)[C@@H](O)C(O)C2O[C@@H]2OC(CO)[C@@H](O)C(O)[C@@H]2NC(C)=O)[C@@H]1O. The van der Waals surface area contributed by atoms with Gasteiger partial charge in [-0.05, 0) is 6.92 Å². The lowest BCUT2D eigenvalue weighted by molar-refractivity contribution is -0.395. The van der Waals surface area contributed by atoms with Crippen LogP contribution in [0.4, 0.5) is 0 Å². The number of carbonyl (C=O) groups excluding carboxylic acids is 4. The normalized spacial score (nSPS) is 47.6. The third-order valence-electron chi connectivity index (χ3n) is 16.4. The van der Waals surface area contributed by atoms with Gasteiger partial charge < -0.3 is 175 Å². The van der Waals surface area contributed by atoms with E-state index in [0.717, 1.165) is 27.7 Å². The van der Waals surface area contributed by atoms with Gasteiger partial charge in [0.25, 0.3) is 0 Å². The van der Waals surface area contributed by atoms with Crippen molar-refractivity contribution >= 4 is 23.6 Å². The highest BCUT2D eigenvalue weighted by atomic mass is 16.8. The molecule has 0 aliphatic carbocycles. The van der Waals surface area contributed by atoms with Crippen molar-refractivity contribution in [1.29, 1.82) is 0 Å². The molecule has 15 unspecified atom stereocenters. The monoisotopic (exact) mass is 1310 g/mol. The molecule has 39 heteroatoms. The van der Waals surface area contributed by atoms with E-state index in [-0.39, 0.29) is 0 Å². The number of ether oxygens (including phenoxy) is 13. The standard InChI is InChI=1S/C51H86N4O35/c1-13-25(52-14(2)62)36(73)41(22(10-60)79-13)86-48-28(55-17(5)65)37(74)42(23(11-61)84-48)87-49-40(77)43(88-51-45(39(76)32(69)21(9-59)83-51)90-47-27(54-16(4)64)35(72)30(67)19(7-57)81-47)33(70)24(85-49)12-78-50-44(38(75)31(68)20(8-58)82-50)89-46-26(53-15(3)63)34(71)29(66)18(6-56)80-46/h13,18-51,56-61,66-77H,6-12H2,1-5H3,(H,52,62)(H,53,63)(H,54,64)(H,55,65)/t13-,18-,19?,20?,21?,22?,23?,24?,25+,26?,27-,28-,29+,30+,31+,32+,33+,34?,35?,36?,37?,38?,39?,40+,41+,42+,43?,44+,45?,46-,47-,48-,49-,50-,51+/m0/s1. The largest absolute Gasteiger partial charge is 0.394 e. The van der Waals surface area contributed by atoms with E-state index >= 15 is 0 Å². The minimum Gasteiger partial charge on any atom is -0.394 e. The van der Waals surface area contributed by atoms with Crippen LogP contribution in [-0.2, 0) is 80.8 Å². The Bertz CT molecular complexity index is 2310. The van der Waals surface area contributed by atoms with Gasteiger partial charge in [0.2, 0.25) is 23.6 Å². The molecule has 7 fully saturated rings. The van der Waals surface area contributed by atoms with Gasteiger partial charge in [0, 0.05) is 27.7 Å². The second kappa shape index (κ2) is 32.4. The molecule has 0 bridgehead atoms. The van der Waals surface area contributed by atoms with Crippen molar-refractivity contribution in [2.24, 2.45) is 0 Å². The van der Waals surface area contributed by atoms with Crippen molar-refractivity contribution in [3.05, 3.63) is 0 Å². The highest BCUT2D eigenvalue weighted by Crippen LogP contribution is 2.38. The van der Waals surface area contributed by atoms with Crippen LogP contribution in [0, 0.1) is 0 Å². The summed E-state index contributed by atoms with van der Waals surface area (Å²) in [5, 5.41) is 209. The Labute approximate surface area is 512 Å². The predicted molar refractivity (Wildman–Crippen MR) is 282 cm³/mol. The highest BCUT2D eigenvalue weighted by Gasteiger charge is 2.59. The summed E-state index contributed by atoms with van der Waals surface area (Å²) in [6, 6.07) is -6.32. The van der Waals surface area contributed by atoms with Gasteiger partial charge in [0.15, 0.2) is 37.7 Å². The van der Waals surface area contributed by atoms with Crippen molar-refractivity contribution < 1.29 is 173 Å². The van der Waals surface area contributed by atoms with Gasteiger partial charge in [-0.15, -0.1) is 0 Å². The van der Waals surface area contributed by atoms with Gasteiger partial charge >= 0.3 is 0 Å². The first-order chi connectivity index (χ1) is 42.5. The quantitative estimate of drug-likeness (QED) is 0.0452. The van der Waals surface area contributed by atoms with Gasteiger partial charge in [-0.3, -0.25) is 19.2 Å². The molecule has 22 N–H and O–H groups in total. The molecule has 0 saturated carbocycles. The maximum Gasteiger partial charge on any atom is 0.217 e. The lowest BCUT2D eigenvalue weighted by Gasteiger charge is -2.51. The summed E-state index contributed by atoms with van der Waals surface area (Å²) in [5.41, 5.74) is 0. The van der Waals surface area contributed by atoms with Crippen LogP contribution in [0.15, 0.2) is 0 Å². The molecule has 0 aromatic heterocycles. The molecule has 7 rings (SSSR count). The number of aliphatic hydroxyl groups is 18. The molecule has 39 nitrogen and oxygen atoms in total. The zero-order chi connectivity index (χ0) is 66.5. The van der Waals surface area contributed by atoms with Gasteiger partial charge in [-0.2, -0.15) is 0 Å². The molecule has 7 heterocycles. The number of hydrogen-bond acceptors (Lipinski definition) is 35. The van der Waals surface area contributed by atoms with Crippen molar-refractivity contribution in [3.8, 4) is 0 Å². The first kappa shape index (κ1) is 74.0. The molecule has 7 saturated heterocycles. The highest BCUT2D eigenvalue weighted by molar-refractivity contribution is 5.74. The third kappa shape index (κ3) is 16.5. The molecule has 35 atom stereocenters. The smallest absolute Gasteiger partial charge is 0.217 e. The van der Waals surface area contributed by atoms with E-state index in [1.54, 1.807) is 0 Å². The van der Waals surface area contributed by atoms with E-state index in [2.05, 4.69) is 21.3 Å². The summed E-state index contributed by atoms with van der Waals surface area (Å²) in [5.74, 6) is -3.06. The predicted octanol–water partition coefficient (Wildman–Crippen LogP) is -14.6. The zero-order valence-electron chi connectivity index (χ0n) is 49.1. The van der Waals surface area contributed by atoms with Gasteiger partial charge in [-0.25, -0.2) is 0 Å². The summed E-state index contributed by atoms with van der Waals surface area (Å²) in [4.78, 5) is 49.7. The molecule has 0 aromatic carbocycles. The first-order valence-corrected chi connectivity index (χ1v) is 28.9. The van der Waals surface area contributed by atoms with Gasteiger partial charge in [-0.1, -0.05) is 0 Å². The average molecular weight is 1320 g/mol. The van der Waals surface area contributed by atoms with E-state index < -0.39 is 284 Å². The first-order valence-electron chi connectivity index (χ1n) is 28.9. The van der Waals surface area contributed by atoms with Crippen molar-refractivity contribution in [1.82, 2.24) is 21.3 Å². The minimum absolute atomic E-state index is 0.591. The number of amides is 4. The van der Waals surface area contributed by atoms with Crippen LogP contribution in [0.1, 0.15) is 34.6 Å². The number of hydrogen-bond donors (Lipinski definition) is 22. The van der Waals surface area contributed by atoms with E-state index in [9.17, 15) is 111 Å². The zero-order valence-corrected chi connectivity index (χ0v) is 49.1. The van der Waals surface area contributed by atoms with E-state index in [1.807, 2.05) is 0 Å². The molecule has 7 aliphatic rings. The minimum atomic E-state index is -2.42. The number of aliphatic hydroxyl groups excluding tert-OH is 18.